The fourth-order valence-corrected chi connectivity index (χ4v) is 2.95. The van der Waals surface area contributed by atoms with Crippen molar-refractivity contribution in [3.63, 3.8) is 0 Å². The van der Waals surface area contributed by atoms with Gasteiger partial charge in [0.25, 0.3) is 17.5 Å². The lowest BCUT2D eigenvalue weighted by Crippen LogP contribution is -2.15. The van der Waals surface area contributed by atoms with Gasteiger partial charge in [-0.1, -0.05) is 35.9 Å². The van der Waals surface area contributed by atoms with Gasteiger partial charge >= 0.3 is 0 Å². The van der Waals surface area contributed by atoms with Crippen molar-refractivity contribution in [2.24, 2.45) is 0 Å². The predicted molar refractivity (Wildman–Crippen MR) is 113 cm³/mol. The second kappa shape index (κ2) is 9.06. The van der Waals surface area contributed by atoms with E-state index in [2.05, 4.69) is 10.6 Å². The maximum Gasteiger partial charge on any atom is 0.282 e. The Bertz CT molecular complexity index is 1130. The first-order valence-corrected chi connectivity index (χ1v) is 9.07. The number of hydrogen-bond acceptors (Lipinski definition) is 5. The molecule has 0 fully saturated rings. The number of rotatable bonds is 6. The molecule has 30 heavy (non-hydrogen) atoms. The van der Waals surface area contributed by atoms with Gasteiger partial charge in [-0.3, -0.25) is 19.7 Å². The minimum absolute atomic E-state index is 0.0717. The highest BCUT2D eigenvalue weighted by atomic mass is 35.5. The lowest BCUT2D eigenvalue weighted by atomic mass is 10.1. The molecule has 0 atom stereocenters. The third-order valence-corrected chi connectivity index (χ3v) is 4.50. The summed E-state index contributed by atoms with van der Waals surface area (Å²) >= 11 is 6.05. The lowest BCUT2D eigenvalue weighted by Gasteiger charge is -2.13. The van der Waals surface area contributed by atoms with Crippen LogP contribution < -0.4 is 15.4 Å². The molecule has 2 amide bonds. The average Bonchev–Trinajstić information content (AvgIpc) is 2.74. The van der Waals surface area contributed by atoms with Crippen LogP contribution in [0.15, 0.2) is 66.7 Å². The average molecular weight is 426 g/mol. The van der Waals surface area contributed by atoms with Crippen molar-refractivity contribution in [3.8, 4) is 5.75 Å². The summed E-state index contributed by atoms with van der Waals surface area (Å²) in [7, 11) is 1.41. The number of methoxy groups -OCH3 is 1. The van der Waals surface area contributed by atoms with Crippen LogP contribution in [0.25, 0.3) is 0 Å². The normalized spacial score (nSPS) is 10.2. The Morgan fingerprint density at radius 2 is 1.57 bits per heavy atom. The molecular formula is C21H16ClN3O5. The molecule has 0 aromatic heterocycles. The molecule has 0 saturated carbocycles. The molecule has 0 unspecified atom stereocenters. The molecular weight excluding hydrogens is 410 g/mol. The van der Waals surface area contributed by atoms with E-state index >= 15 is 0 Å². The van der Waals surface area contributed by atoms with Crippen LogP contribution in [-0.2, 0) is 0 Å². The van der Waals surface area contributed by atoms with Crippen molar-refractivity contribution in [1.29, 1.82) is 0 Å². The molecule has 3 rings (SSSR count). The third-order valence-electron chi connectivity index (χ3n) is 4.17. The number of benzene rings is 3. The highest BCUT2D eigenvalue weighted by molar-refractivity contribution is 6.34. The number of amides is 2. The zero-order valence-electron chi connectivity index (χ0n) is 15.7. The Morgan fingerprint density at radius 3 is 2.23 bits per heavy atom. The summed E-state index contributed by atoms with van der Waals surface area (Å²) in [5.41, 5.74) is 0.634. The molecule has 0 saturated heterocycles. The zero-order chi connectivity index (χ0) is 21.7. The van der Waals surface area contributed by atoms with E-state index in [1.54, 1.807) is 30.3 Å². The van der Waals surface area contributed by atoms with Crippen LogP contribution in [0.4, 0.5) is 17.1 Å². The molecule has 9 heteroatoms. The summed E-state index contributed by atoms with van der Waals surface area (Å²) in [6.45, 7) is 0. The van der Waals surface area contributed by atoms with Crippen LogP contribution in [0.5, 0.6) is 5.75 Å². The van der Waals surface area contributed by atoms with Gasteiger partial charge in [0.15, 0.2) is 0 Å². The fraction of sp³-hybridized carbons (Fsp3) is 0.0476. The monoisotopic (exact) mass is 425 g/mol. The first-order chi connectivity index (χ1) is 14.4. The first-order valence-electron chi connectivity index (χ1n) is 8.69. The molecule has 8 nitrogen and oxygen atoms in total. The van der Waals surface area contributed by atoms with Gasteiger partial charge in [0, 0.05) is 17.8 Å². The van der Waals surface area contributed by atoms with Gasteiger partial charge in [0.05, 0.1) is 28.3 Å². The summed E-state index contributed by atoms with van der Waals surface area (Å²) in [5.74, 6) is -0.774. The minimum Gasteiger partial charge on any atom is -0.494 e. The van der Waals surface area contributed by atoms with Crippen molar-refractivity contribution < 1.29 is 19.2 Å². The van der Waals surface area contributed by atoms with E-state index < -0.39 is 16.7 Å². The Balaban J connectivity index is 1.81. The van der Waals surface area contributed by atoms with Gasteiger partial charge in [0.2, 0.25) is 0 Å². The number of halogens is 1. The Labute approximate surface area is 176 Å². The van der Waals surface area contributed by atoms with E-state index in [1.807, 2.05) is 0 Å². The number of carbonyl (C=O) groups is 2. The maximum atomic E-state index is 12.5. The van der Waals surface area contributed by atoms with Gasteiger partial charge in [-0.2, -0.15) is 0 Å². The van der Waals surface area contributed by atoms with Crippen LogP contribution in [0.2, 0.25) is 5.02 Å². The minimum atomic E-state index is -0.641. The molecule has 0 aliphatic carbocycles. The number of nitro groups is 1. The fourth-order valence-electron chi connectivity index (χ4n) is 2.73. The highest BCUT2D eigenvalue weighted by Crippen LogP contribution is 2.30. The van der Waals surface area contributed by atoms with Gasteiger partial charge in [-0.05, 0) is 30.3 Å². The van der Waals surface area contributed by atoms with E-state index in [0.717, 1.165) is 0 Å². The van der Waals surface area contributed by atoms with Gasteiger partial charge < -0.3 is 15.4 Å². The van der Waals surface area contributed by atoms with Crippen molar-refractivity contribution >= 4 is 40.5 Å². The summed E-state index contributed by atoms with van der Waals surface area (Å²) in [6.07, 6.45) is 0. The van der Waals surface area contributed by atoms with E-state index in [1.165, 1.54) is 43.5 Å². The molecule has 0 spiro atoms. The highest BCUT2D eigenvalue weighted by Gasteiger charge is 2.20. The van der Waals surface area contributed by atoms with Crippen molar-refractivity contribution in [2.75, 3.05) is 17.7 Å². The topological polar surface area (TPSA) is 111 Å². The molecule has 3 aromatic rings. The van der Waals surface area contributed by atoms with Crippen LogP contribution in [-0.4, -0.2) is 23.8 Å². The molecule has 0 radical (unpaired) electrons. The smallest absolute Gasteiger partial charge is 0.282 e. The van der Waals surface area contributed by atoms with Gasteiger partial charge in [-0.15, -0.1) is 0 Å². The van der Waals surface area contributed by atoms with Crippen LogP contribution in [0.1, 0.15) is 20.7 Å². The number of nitro benzene ring substituents is 1. The third kappa shape index (κ3) is 4.56. The van der Waals surface area contributed by atoms with E-state index in [0.29, 0.717) is 22.0 Å². The number of hydrogen-bond donors (Lipinski definition) is 2. The van der Waals surface area contributed by atoms with Crippen molar-refractivity contribution in [3.05, 3.63) is 93.0 Å². The molecule has 0 bridgehead atoms. The molecule has 152 valence electrons. The number of nitrogens with zero attached hydrogens (tertiary/aromatic N) is 1. The standard InChI is InChI=1S/C21H16ClN3O5/c1-30-19-12-13(23-21(27)15-7-3-5-9-18(15)25(28)29)10-11-17(19)24-20(26)14-6-2-4-8-16(14)22/h2-12H,1H3,(H,23,27)(H,24,26). The maximum absolute atomic E-state index is 12.5. The van der Waals surface area contributed by atoms with E-state index in [4.69, 9.17) is 16.3 Å². The SMILES string of the molecule is COc1cc(NC(=O)c2ccccc2[N+](=O)[O-])ccc1NC(=O)c1ccccc1Cl. The zero-order valence-corrected chi connectivity index (χ0v) is 16.5. The van der Waals surface area contributed by atoms with Gasteiger partial charge in [-0.25, -0.2) is 0 Å². The Kier molecular flexibility index (Phi) is 6.29. The predicted octanol–water partition coefficient (Wildman–Crippen LogP) is 4.76. The van der Waals surface area contributed by atoms with Crippen LogP contribution >= 0.6 is 11.6 Å². The molecule has 2 N–H and O–H groups in total. The number of nitrogens with one attached hydrogen (secondary N) is 2. The summed E-state index contributed by atoms with van der Waals surface area (Å²) in [5, 5.41) is 16.7. The Hall–Kier alpha value is -3.91. The first kappa shape index (κ1) is 20.8. The van der Waals surface area contributed by atoms with Crippen LogP contribution in [0.3, 0.4) is 0 Å². The van der Waals surface area contributed by atoms with Crippen molar-refractivity contribution in [1.82, 2.24) is 0 Å². The molecule has 0 heterocycles. The van der Waals surface area contributed by atoms with Crippen molar-refractivity contribution in [2.45, 2.75) is 0 Å². The lowest BCUT2D eigenvalue weighted by molar-refractivity contribution is -0.385. The largest absolute Gasteiger partial charge is 0.494 e. The number of anilines is 2. The molecule has 3 aromatic carbocycles. The number of carbonyl (C=O) groups excluding carboxylic acids is 2. The second-order valence-corrected chi connectivity index (χ2v) is 6.48. The molecule has 0 aliphatic heterocycles. The Morgan fingerprint density at radius 1 is 0.933 bits per heavy atom. The summed E-state index contributed by atoms with van der Waals surface area (Å²) in [6, 6.07) is 16.8. The number of ether oxygens (including phenoxy) is 1. The second-order valence-electron chi connectivity index (χ2n) is 6.08. The molecule has 0 aliphatic rings. The van der Waals surface area contributed by atoms with Gasteiger partial charge in [0.1, 0.15) is 11.3 Å². The summed E-state index contributed by atoms with van der Waals surface area (Å²) in [4.78, 5) is 35.5. The summed E-state index contributed by atoms with van der Waals surface area (Å²) < 4.78 is 5.29. The number of para-hydroxylation sites is 1. The van der Waals surface area contributed by atoms with E-state index in [9.17, 15) is 19.7 Å². The quantitative estimate of drug-likeness (QED) is 0.437. The van der Waals surface area contributed by atoms with E-state index in [-0.39, 0.29) is 17.0 Å². The van der Waals surface area contributed by atoms with Crippen LogP contribution in [0, 0.1) is 10.1 Å².